The fourth-order valence-electron chi connectivity index (χ4n) is 1.43. The van der Waals surface area contributed by atoms with Crippen LogP contribution in [0.2, 0.25) is 0 Å². The first kappa shape index (κ1) is 15.0. The summed E-state index contributed by atoms with van der Waals surface area (Å²) in [5.74, 6) is 0.239. The Labute approximate surface area is 134 Å². The number of carbonyl (C=O) groups is 1. The van der Waals surface area contributed by atoms with Gasteiger partial charge in [-0.3, -0.25) is 9.36 Å². The molecule has 2 rings (SSSR count). The van der Waals surface area contributed by atoms with Gasteiger partial charge in [0, 0.05) is 12.1 Å². The molecule has 2 aromatic heterocycles. The number of thioether (sulfide) groups is 1. The summed E-state index contributed by atoms with van der Waals surface area (Å²) < 4.78 is 3.20. The molecule has 9 heteroatoms. The normalized spacial score (nSPS) is 10.9. The van der Waals surface area contributed by atoms with Crippen molar-refractivity contribution in [2.45, 2.75) is 18.6 Å². The van der Waals surface area contributed by atoms with E-state index in [9.17, 15) is 9.59 Å². The molecule has 0 bridgehead atoms. The Morgan fingerprint density at radius 2 is 2.32 bits per heavy atom. The number of nitrogens with one attached hydrogen (secondary N) is 1. The van der Waals surface area contributed by atoms with Crippen LogP contribution in [0.25, 0.3) is 0 Å². The van der Waals surface area contributed by atoms with Crippen LogP contribution in [0.5, 0.6) is 0 Å². The molecule has 0 saturated carbocycles. The van der Waals surface area contributed by atoms with E-state index in [1.807, 2.05) is 6.92 Å². The minimum Gasteiger partial charge on any atom is -0.293 e. The summed E-state index contributed by atoms with van der Waals surface area (Å²) in [4.78, 5) is 23.4. The Hall–Kier alpha value is -0.380. The van der Waals surface area contributed by atoms with Gasteiger partial charge < -0.3 is 0 Å². The van der Waals surface area contributed by atoms with Crippen LogP contribution in [0.15, 0.2) is 23.6 Å². The van der Waals surface area contributed by atoms with E-state index < -0.39 is 0 Å². The van der Waals surface area contributed by atoms with Crippen LogP contribution >= 0.6 is 55.0 Å². The molecule has 0 unspecified atom stereocenters. The van der Waals surface area contributed by atoms with Crippen LogP contribution < -0.4 is 5.69 Å². The molecule has 1 N–H and O–H groups in total. The van der Waals surface area contributed by atoms with Gasteiger partial charge in [-0.2, -0.15) is 0 Å². The van der Waals surface area contributed by atoms with E-state index in [1.165, 1.54) is 27.7 Å². The maximum atomic E-state index is 12.1. The first-order valence-corrected chi connectivity index (χ1v) is 8.67. The zero-order valence-electron chi connectivity index (χ0n) is 9.77. The van der Waals surface area contributed by atoms with Crippen molar-refractivity contribution < 1.29 is 4.79 Å². The van der Waals surface area contributed by atoms with E-state index in [0.717, 1.165) is 7.57 Å². The fraction of sp³-hybridized carbons (Fsp3) is 0.300. The number of hydrogen-bond acceptors (Lipinski definition) is 5. The summed E-state index contributed by atoms with van der Waals surface area (Å²) in [7, 11) is 0. The molecule has 0 atom stereocenters. The summed E-state index contributed by atoms with van der Waals surface area (Å²) >= 11 is 9.41. The van der Waals surface area contributed by atoms with E-state index in [-0.39, 0.29) is 17.2 Å². The number of hydrogen-bond donors (Lipinski definition) is 1. The number of rotatable bonds is 5. The Morgan fingerprint density at radius 3 is 2.89 bits per heavy atom. The van der Waals surface area contributed by atoms with E-state index in [2.05, 4.69) is 42.1 Å². The van der Waals surface area contributed by atoms with Gasteiger partial charge in [0.05, 0.1) is 13.3 Å². The fourth-order valence-corrected chi connectivity index (χ4v) is 5.18. The number of aromatic nitrogens is 3. The molecule has 0 aromatic carbocycles. The number of aromatic amines is 1. The van der Waals surface area contributed by atoms with Gasteiger partial charge in [-0.25, -0.2) is 9.89 Å². The number of ketones is 1. The highest BCUT2D eigenvalue weighted by Crippen LogP contribution is 2.32. The van der Waals surface area contributed by atoms with Crippen molar-refractivity contribution in [2.24, 2.45) is 0 Å². The van der Waals surface area contributed by atoms with Crippen LogP contribution in [0, 0.1) is 0 Å². The topological polar surface area (TPSA) is 67.8 Å². The van der Waals surface area contributed by atoms with E-state index >= 15 is 0 Å². The Morgan fingerprint density at radius 1 is 1.58 bits per heavy atom. The molecule has 0 saturated heterocycles. The summed E-state index contributed by atoms with van der Waals surface area (Å²) in [6, 6.07) is 1.79. The lowest BCUT2D eigenvalue weighted by Gasteiger charge is -2.01. The van der Waals surface area contributed by atoms with Crippen molar-refractivity contribution in [1.82, 2.24) is 14.8 Å². The lowest BCUT2D eigenvalue weighted by molar-refractivity contribution is 0.102. The average molecular weight is 427 g/mol. The summed E-state index contributed by atoms with van der Waals surface area (Å²) in [5, 5.41) is 6.81. The molecule has 2 aromatic rings. The SMILES string of the molecule is CCn1c(SCC(=O)c2cc(Br)sc2Br)n[nH]c1=O. The summed E-state index contributed by atoms with van der Waals surface area (Å²) in [6.45, 7) is 2.38. The zero-order chi connectivity index (χ0) is 14.0. The first-order valence-electron chi connectivity index (χ1n) is 5.29. The lowest BCUT2D eigenvalue weighted by Crippen LogP contribution is -2.16. The molecule has 0 spiro atoms. The molecule has 0 amide bonds. The lowest BCUT2D eigenvalue weighted by atomic mass is 10.2. The molecule has 0 fully saturated rings. The van der Waals surface area contributed by atoms with Gasteiger partial charge >= 0.3 is 5.69 Å². The molecular formula is C10H9Br2N3O2S2. The minimum absolute atomic E-state index is 0.00285. The highest BCUT2D eigenvalue weighted by atomic mass is 79.9. The van der Waals surface area contributed by atoms with Gasteiger partial charge in [0.2, 0.25) is 0 Å². The Kier molecular flexibility index (Phi) is 5.04. The van der Waals surface area contributed by atoms with E-state index in [1.54, 1.807) is 6.07 Å². The van der Waals surface area contributed by atoms with Crippen LogP contribution in [0.1, 0.15) is 17.3 Å². The number of carbonyl (C=O) groups excluding carboxylic acids is 1. The third-order valence-electron chi connectivity index (χ3n) is 2.33. The van der Waals surface area contributed by atoms with Crippen LogP contribution in [0.3, 0.4) is 0 Å². The van der Waals surface area contributed by atoms with E-state index in [4.69, 9.17) is 0 Å². The minimum atomic E-state index is -0.253. The van der Waals surface area contributed by atoms with Gasteiger partial charge in [0.25, 0.3) is 0 Å². The van der Waals surface area contributed by atoms with Gasteiger partial charge in [0.15, 0.2) is 10.9 Å². The molecule has 0 aliphatic heterocycles. The average Bonchev–Trinajstić information content (AvgIpc) is 2.89. The zero-order valence-corrected chi connectivity index (χ0v) is 14.6. The van der Waals surface area contributed by atoms with Crippen molar-refractivity contribution in [2.75, 3.05) is 5.75 Å². The maximum absolute atomic E-state index is 12.1. The highest BCUT2D eigenvalue weighted by molar-refractivity contribution is 9.12. The third kappa shape index (κ3) is 3.39. The monoisotopic (exact) mass is 425 g/mol. The van der Waals surface area contributed by atoms with Crippen molar-refractivity contribution in [1.29, 1.82) is 0 Å². The first-order chi connectivity index (χ1) is 9.02. The van der Waals surface area contributed by atoms with Crippen molar-refractivity contribution in [3.05, 3.63) is 29.7 Å². The summed E-state index contributed by atoms with van der Waals surface area (Å²) in [5.41, 5.74) is 0.391. The standard InChI is InChI=1S/C10H9Br2N3O2S2/c1-2-15-9(17)13-14-10(15)18-4-6(16)5-3-7(11)19-8(5)12/h3H,2,4H2,1H3,(H,13,17). The predicted octanol–water partition coefficient (Wildman–Crippen LogP) is 3.15. The molecule has 0 aliphatic carbocycles. The maximum Gasteiger partial charge on any atom is 0.343 e. The predicted molar refractivity (Wildman–Crippen MR) is 83.3 cm³/mol. The Balaban J connectivity index is 2.08. The van der Waals surface area contributed by atoms with Crippen molar-refractivity contribution in [3.8, 4) is 0 Å². The highest BCUT2D eigenvalue weighted by Gasteiger charge is 2.16. The number of Topliss-reactive ketones (excluding diaryl/α,β-unsaturated/α-hetero) is 1. The number of H-pyrrole nitrogens is 1. The molecule has 2 heterocycles. The van der Waals surface area contributed by atoms with Crippen LogP contribution in [-0.4, -0.2) is 26.3 Å². The number of halogens is 2. The summed E-state index contributed by atoms with van der Waals surface area (Å²) in [6.07, 6.45) is 0. The van der Waals surface area contributed by atoms with Gasteiger partial charge in [-0.05, 0) is 44.8 Å². The van der Waals surface area contributed by atoms with Gasteiger partial charge in [-0.15, -0.1) is 16.4 Å². The Bertz CT molecular complexity index is 662. The molecule has 5 nitrogen and oxygen atoms in total. The number of nitrogens with zero attached hydrogens (tertiary/aromatic N) is 2. The second-order valence-electron chi connectivity index (χ2n) is 3.51. The molecule has 0 aliphatic rings. The van der Waals surface area contributed by atoms with Gasteiger partial charge in [-0.1, -0.05) is 11.8 Å². The second-order valence-corrected chi connectivity index (χ2v) is 8.20. The molecular weight excluding hydrogens is 418 g/mol. The van der Waals surface area contributed by atoms with E-state index in [0.29, 0.717) is 17.3 Å². The van der Waals surface area contributed by atoms with Crippen molar-refractivity contribution in [3.63, 3.8) is 0 Å². The van der Waals surface area contributed by atoms with Gasteiger partial charge in [0.1, 0.15) is 0 Å². The molecule has 102 valence electrons. The quantitative estimate of drug-likeness (QED) is 0.588. The number of thiophene rings is 1. The molecule has 19 heavy (non-hydrogen) atoms. The third-order valence-corrected chi connectivity index (χ3v) is 5.64. The second kappa shape index (κ2) is 6.38. The largest absolute Gasteiger partial charge is 0.343 e. The van der Waals surface area contributed by atoms with Crippen molar-refractivity contribution >= 4 is 60.7 Å². The smallest absolute Gasteiger partial charge is 0.293 e. The van der Waals surface area contributed by atoms with Crippen LogP contribution in [0.4, 0.5) is 0 Å². The van der Waals surface area contributed by atoms with Crippen LogP contribution in [-0.2, 0) is 6.54 Å². The molecule has 0 radical (unpaired) electrons.